The third-order valence-corrected chi connectivity index (χ3v) is 2.92. The van der Waals surface area contributed by atoms with Gasteiger partial charge in [-0.3, -0.25) is 9.59 Å². The Balaban J connectivity index is 2.52. The second-order valence-corrected chi connectivity index (χ2v) is 5.49. The van der Waals surface area contributed by atoms with Crippen molar-refractivity contribution in [1.82, 2.24) is 9.80 Å². The maximum absolute atomic E-state index is 11.9. The molecule has 0 aliphatic carbocycles. The van der Waals surface area contributed by atoms with Crippen LogP contribution in [0.3, 0.4) is 0 Å². The van der Waals surface area contributed by atoms with Crippen molar-refractivity contribution in [2.24, 2.45) is 11.7 Å². The average Bonchev–Trinajstić information content (AvgIpc) is 2.26. The number of carbonyl (C=O) groups excluding carboxylic acids is 2. The maximum atomic E-state index is 11.9. The quantitative estimate of drug-likeness (QED) is 0.743. The van der Waals surface area contributed by atoms with Gasteiger partial charge in [0.2, 0.25) is 11.8 Å². The molecule has 5 heteroatoms. The Bertz CT molecular complexity index is 299. The molecule has 0 radical (unpaired) electrons. The van der Waals surface area contributed by atoms with Crippen LogP contribution >= 0.6 is 0 Å². The van der Waals surface area contributed by atoms with E-state index in [1.165, 1.54) is 0 Å². The third-order valence-electron chi connectivity index (χ3n) is 2.92. The first kappa shape index (κ1) is 14.0. The van der Waals surface area contributed by atoms with E-state index in [1.807, 2.05) is 18.7 Å². The molecular weight excluding hydrogens is 218 g/mol. The molecular formula is C12H23N3O2. The van der Waals surface area contributed by atoms with E-state index in [4.69, 9.17) is 5.73 Å². The minimum absolute atomic E-state index is 0.0169. The van der Waals surface area contributed by atoms with Crippen molar-refractivity contribution in [2.45, 2.75) is 33.2 Å². The van der Waals surface area contributed by atoms with Gasteiger partial charge in [0.25, 0.3) is 0 Å². The second kappa shape index (κ2) is 5.04. The summed E-state index contributed by atoms with van der Waals surface area (Å²) in [5.74, 6) is 0.126. The SMILES string of the molecule is CC(C)C(=O)N1CCN(C(=O)C(C)(C)N)CC1. The molecule has 0 aromatic carbocycles. The van der Waals surface area contributed by atoms with Gasteiger partial charge in [-0.05, 0) is 13.8 Å². The standard InChI is InChI=1S/C12H23N3O2/c1-9(2)10(16)14-5-7-15(8-6-14)11(17)12(3,4)13/h9H,5-8,13H2,1-4H3. The van der Waals surface area contributed by atoms with E-state index < -0.39 is 5.54 Å². The number of hydrogen-bond donors (Lipinski definition) is 1. The van der Waals surface area contributed by atoms with E-state index in [9.17, 15) is 9.59 Å². The van der Waals surface area contributed by atoms with Gasteiger partial charge < -0.3 is 15.5 Å². The van der Waals surface area contributed by atoms with E-state index in [2.05, 4.69) is 0 Å². The molecule has 1 heterocycles. The molecule has 0 spiro atoms. The van der Waals surface area contributed by atoms with E-state index in [-0.39, 0.29) is 17.7 Å². The summed E-state index contributed by atoms with van der Waals surface area (Å²) in [6.45, 7) is 9.58. The van der Waals surface area contributed by atoms with Gasteiger partial charge in [0.05, 0.1) is 5.54 Å². The zero-order valence-corrected chi connectivity index (χ0v) is 11.2. The number of nitrogens with zero attached hydrogens (tertiary/aromatic N) is 2. The van der Waals surface area contributed by atoms with Crippen LogP contribution in [0, 0.1) is 5.92 Å². The third kappa shape index (κ3) is 3.43. The molecule has 1 saturated heterocycles. The second-order valence-electron chi connectivity index (χ2n) is 5.49. The van der Waals surface area contributed by atoms with Crippen molar-refractivity contribution in [1.29, 1.82) is 0 Å². The molecule has 17 heavy (non-hydrogen) atoms. The van der Waals surface area contributed by atoms with Crippen molar-refractivity contribution < 1.29 is 9.59 Å². The summed E-state index contributed by atoms with van der Waals surface area (Å²) in [7, 11) is 0. The first-order valence-electron chi connectivity index (χ1n) is 6.10. The molecule has 2 amide bonds. The van der Waals surface area contributed by atoms with Gasteiger partial charge in [-0.1, -0.05) is 13.8 Å². The fraction of sp³-hybridized carbons (Fsp3) is 0.833. The Morgan fingerprint density at radius 3 is 1.82 bits per heavy atom. The monoisotopic (exact) mass is 241 g/mol. The van der Waals surface area contributed by atoms with E-state index in [0.29, 0.717) is 26.2 Å². The number of piperazine rings is 1. The Hall–Kier alpha value is -1.10. The summed E-state index contributed by atoms with van der Waals surface area (Å²) in [5, 5.41) is 0. The molecule has 0 atom stereocenters. The highest BCUT2D eigenvalue weighted by molar-refractivity contribution is 5.85. The van der Waals surface area contributed by atoms with Gasteiger partial charge in [0.15, 0.2) is 0 Å². The van der Waals surface area contributed by atoms with Crippen LogP contribution in [0.25, 0.3) is 0 Å². The highest BCUT2D eigenvalue weighted by Gasteiger charge is 2.31. The lowest BCUT2D eigenvalue weighted by atomic mass is 10.0. The van der Waals surface area contributed by atoms with Crippen molar-refractivity contribution in [3.8, 4) is 0 Å². The van der Waals surface area contributed by atoms with E-state index in [0.717, 1.165) is 0 Å². The number of rotatable bonds is 2. The topological polar surface area (TPSA) is 66.6 Å². The minimum Gasteiger partial charge on any atom is -0.339 e. The first-order valence-corrected chi connectivity index (χ1v) is 6.10. The molecule has 2 N–H and O–H groups in total. The predicted octanol–water partition coefficient (Wildman–Crippen LogP) is 0.0505. The first-order chi connectivity index (χ1) is 7.73. The Morgan fingerprint density at radius 1 is 1.06 bits per heavy atom. The Morgan fingerprint density at radius 2 is 1.47 bits per heavy atom. The van der Waals surface area contributed by atoms with Gasteiger partial charge in [-0.2, -0.15) is 0 Å². The summed E-state index contributed by atoms with van der Waals surface area (Å²) < 4.78 is 0. The zero-order valence-electron chi connectivity index (χ0n) is 11.2. The fourth-order valence-electron chi connectivity index (χ4n) is 1.90. The van der Waals surface area contributed by atoms with Gasteiger partial charge in [-0.15, -0.1) is 0 Å². The summed E-state index contributed by atoms with van der Waals surface area (Å²) in [5.41, 5.74) is 4.95. The lowest BCUT2D eigenvalue weighted by Crippen LogP contribution is -2.58. The summed E-state index contributed by atoms with van der Waals surface area (Å²) in [6, 6.07) is 0. The van der Waals surface area contributed by atoms with E-state index in [1.54, 1.807) is 18.7 Å². The average molecular weight is 241 g/mol. The molecule has 0 saturated carbocycles. The number of nitrogens with two attached hydrogens (primary N) is 1. The summed E-state index contributed by atoms with van der Waals surface area (Å²) in [6.07, 6.45) is 0. The molecule has 1 fully saturated rings. The molecule has 5 nitrogen and oxygen atoms in total. The van der Waals surface area contributed by atoms with Crippen LogP contribution in [0.15, 0.2) is 0 Å². The lowest BCUT2D eigenvalue weighted by molar-refractivity contribution is -0.143. The van der Waals surface area contributed by atoms with Crippen LogP contribution in [-0.4, -0.2) is 53.3 Å². The minimum atomic E-state index is -0.829. The van der Waals surface area contributed by atoms with Gasteiger partial charge >= 0.3 is 0 Å². The smallest absolute Gasteiger partial charge is 0.242 e. The Labute approximate surface area is 103 Å². The van der Waals surface area contributed by atoms with Gasteiger partial charge in [0, 0.05) is 32.1 Å². The van der Waals surface area contributed by atoms with Crippen LogP contribution in [0.5, 0.6) is 0 Å². The van der Waals surface area contributed by atoms with Crippen LogP contribution in [0.4, 0.5) is 0 Å². The molecule has 0 unspecified atom stereocenters. The van der Waals surface area contributed by atoms with E-state index >= 15 is 0 Å². The van der Waals surface area contributed by atoms with Gasteiger partial charge in [0.1, 0.15) is 0 Å². The number of carbonyl (C=O) groups is 2. The van der Waals surface area contributed by atoms with Gasteiger partial charge in [-0.25, -0.2) is 0 Å². The number of hydrogen-bond acceptors (Lipinski definition) is 3. The molecule has 1 aliphatic rings. The van der Waals surface area contributed by atoms with Crippen LogP contribution in [-0.2, 0) is 9.59 Å². The molecule has 1 aliphatic heterocycles. The largest absolute Gasteiger partial charge is 0.339 e. The fourth-order valence-corrected chi connectivity index (χ4v) is 1.90. The van der Waals surface area contributed by atoms with Crippen LogP contribution < -0.4 is 5.73 Å². The van der Waals surface area contributed by atoms with Crippen molar-refractivity contribution in [2.75, 3.05) is 26.2 Å². The molecule has 98 valence electrons. The Kier molecular flexibility index (Phi) is 4.14. The molecule has 0 bridgehead atoms. The van der Waals surface area contributed by atoms with Crippen molar-refractivity contribution in [3.63, 3.8) is 0 Å². The summed E-state index contributed by atoms with van der Waals surface area (Å²) in [4.78, 5) is 27.3. The molecule has 1 rings (SSSR count). The number of amides is 2. The maximum Gasteiger partial charge on any atom is 0.242 e. The predicted molar refractivity (Wildman–Crippen MR) is 66.3 cm³/mol. The lowest BCUT2D eigenvalue weighted by Gasteiger charge is -2.38. The summed E-state index contributed by atoms with van der Waals surface area (Å²) >= 11 is 0. The van der Waals surface area contributed by atoms with Crippen molar-refractivity contribution in [3.05, 3.63) is 0 Å². The zero-order chi connectivity index (χ0) is 13.2. The highest BCUT2D eigenvalue weighted by atomic mass is 16.2. The molecule has 0 aromatic rings. The normalized spacial score (nSPS) is 17.5. The van der Waals surface area contributed by atoms with Crippen molar-refractivity contribution >= 4 is 11.8 Å². The van der Waals surface area contributed by atoms with Crippen LogP contribution in [0.1, 0.15) is 27.7 Å². The molecule has 0 aromatic heterocycles. The van der Waals surface area contributed by atoms with Crippen LogP contribution in [0.2, 0.25) is 0 Å². The highest BCUT2D eigenvalue weighted by Crippen LogP contribution is 2.10.